The summed E-state index contributed by atoms with van der Waals surface area (Å²) in [6, 6.07) is 53.2. The highest BCUT2D eigenvalue weighted by molar-refractivity contribution is 6.85. The summed E-state index contributed by atoms with van der Waals surface area (Å²) in [5.41, 5.74) is 13.6. The highest BCUT2D eigenvalue weighted by Gasteiger charge is 2.46. The first kappa shape index (κ1) is 32.1. The van der Waals surface area contributed by atoms with Crippen molar-refractivity contribution in [2.75, 3.05) is 9.62 Å². The van der Waals surface area contributed by atoms with E-state index < -0.39 is 0 Å². The number of hydrogen-bond donors (Lipinski definition) is 0. The molecule has 0 bridgehead atoms. The Hall–Kier alpha value is -6.60. The maximum atomic E-state index is 6.78. The van der Waals surface area contributed by atoms with Gasteiger partial charge >= 0.3 is 6.98 Å². The molecule has 0 unspecified atom stereocenters. The van der Waals surface area contributed by atoms with Crippen LogP contribution in [0.1, 0.15) is 36.1 Å². The number of anilines is 4. The summed E-state index contributed by atoms with van der Waals surface area (Å²) in [5.74, 6) is 2.42. The molecule has 7 heteroatoms. The molecule has 0 saturated heterocycles. The Morgan fingerprint density at radius 2 is 1.33 bits per heavy atom. The summed E-state index contributed by atoms with van der Waals surface area (Å²) in [7, 11) is 0. The number of imidazole rings is 1. The largest absolute Gasteiger partial charge is 0.458 e. The zero-order valence-corrected chi connectivity index (χ0v) is 30.7. The third kappa shape index (κ3) is 4.88. The molecule has 10 rings (SSSR count). The molecule has 0 atom stereocenters. The lowest BCUT2D eigenvalue weighted by Gasteiger charge is -2.34. The molecular weight excluding hydrogens is 661 g/mol. The molecule has 6 nitrogen and oxygen atoms in total. The van der Waals surface area contributed by atoms with E-state index in [1.807, 2.05) is 24.4 Å². The fraction of sp³-hybridized carbons (Fsp3) is 0.106. The Kier molecular flexibility index (Phi) is 7.27. The number of pyridine rings is 1. The molecule has 6 aromatic carbocycles. The Morgan fingerprint density at radius 1 is 0.630 bits per heavy atom. The average molecular weight is 700 g/mol. The summed E-state index contributed by atoms with van der Waals surface area (Å²) in [5, 5.41) is 0. The van der Waals surface area contributed by atoms with Gasteiger partial charge in [0.25, 0.3) is 6.33 Å². The van der Waals surface area contributed by atoms with Gasteiger partial charge in [0.05, 0.1) is 28.1 Å². The van der Waals surface area contributed by atoms with E-state index in [1.165, 1.54) is 33.2 Å². The number of nitrogens with zero attached hydrogens (tertiary/aromatic N) is 5. The molecule has 2 aromatic heterocycles. The van der Waals surface area contributed by atoms with Crippen molar-refractivity contribution in [1.29, 1.82) is 0 Å². The summed E-state index contributed by atoms with van der Waals surface area (Å²) in [6.07, 6.45) is 5.58. The second-order valence-electron chi connectivity index (χ2n) is 14.8. The van der Waals surface area contributed by atoms with Gasteiger partial charge in [0.2, 0.25) is 0 Å². The van der Waals surface area contributed by atoms with Crippen LogP contribution in [0.4, 0.5) is 22.9 Å². The van der Waals surface area contributed by atoms with Crippen LogP contribution in [0.15, 0.2) is 158 Å². The van der Waals surface area contributed by atoms with Crippen LogP contribution in [0.5, 0.6) is 11.5 Å². The summed E-state index contributed by atoms with van der Waals surface area (Å²) in [4.78, 5) is 9.76. The molecule has 0 amide bonds. The summed E-state index contributed by atoms with van der Waals surface area (Å²) >= 11 is 0. The van der Waals surface area contributed by atoms with Crippen molar-refractivity contribution in [2.24, 2.45) is 0 Å². The van der Waals surface area contributed by atoms with Gasteiger partial charge in [-0.15, -0.1) is 0 Å². The van der Waals surface area contributed by atoms with E-state index in [0.29, 0.717) is 0 Å². The number of aromatic nitrogens is 3. The fourth-order valence-electron chi connectivity index (χ4n) is 8.62. The second-order valence-corrected chi connectivity index (χ2v) is 14.8. The van der Waals surface area contributed by atoms with E-state index in [9.17, 15) is 0 Å². The lowest BCUT2D eigenvalue weighted by atomic mass is 9.61. The van der Waals surface area contributed by atoms with E-state index in [-0.39, 0.29) is 12.4 Å². The molecule has 0 saturated carbocycles. The first-order valence-electron chi connectivity index (χ1n) is 18.5. The van der Waals surface area contributed by atoms with Crippen LogP contribution in [-0.2, 0) is 5.41 Å². The van der Waals surface area contributed by atoms with Crippen molar-refractivity contribution in [3.05, 3.63) is 186 Å². The van der Waals surface area contributed by atoms with Crippen LogP contribution in [-0.4, -0.2) is 16.5 Å². The molecule has 0 N–H and O–H groups in total. The number of rotatable bonds is 6. The first-order valence-corrected chi connectivity index (χ1v) is 18.5. The molecule has 0 fully saturated rings. The van der Waals surface area contributed by atoms with E-state index in [1.54, 1.807) is 0 Å². The third-order valence-electron chi connectivity index (χ3n) is 11.2. The van der Waals surface area contributed by atoms with Gasteiger partial charge in [0.1, 0.15) is 17.3 Å². The van der Waals surface area contributed by atoms with Gasteiger partial charge in [-0.1, -0.05) is 110 Å². The van der Waals surface area contributed by atoms with E-state index in [0.717, 1.165) is 51.3 Å². The van der Waals surface area contributed by atoms with Gasteiger partial charge in [0.15, 0.2) is 0 Å². The summed E-state index contributed by atoms with van der Waals surface area (Å²) in [6.45, 7) is 8.85. The zero-order chi connectivity index (χ0) is 36.6. The van der Waals surface area contributed by atoms with Crippen molar-refractivity contribution >= 4 is 46.4 Å². The minimum absolute atomic E-state index is 0.164. The van der Waals surface area contributed by atoms with Gasteiger partial charge in [-0.3, -0.25) is 9.13 Å². The maximum absolute atomic E-state index is 6.78. The molecule has 260 valence electrons. The predicted molar refractivity (Wildman–Crippen MR) is 219 cm³/mol. The Morgan fingerprint density at radius 3 is 2.13 bits per heavy atom. The molecule has 8 aromatic rings. The average Bonchev–Trinajstić information content (AvgIpc) is 3.75. The molecule has 2 aliphatic heterocycles. The molecule has 54 heavy (non-hydrogen) atoms. The molecule has 2 aliphatic rings. The van der Waals surface area contributed by atoms with Gasteiger partial charge in [0, 0.05) is 29.1 Å². The number of para-hydroxylation sites is 3. The van der Waals surface area contributed by atoms with Crippen molar-refractivity contribution in [3.8, 4) is 22.9 Å². The van der Waals surface area contributed by atoms with Crippen LogP contribution in [0.3, 0.4) is 0 Å². The van der Waals surface area contributed by atoms with E-state index >= 15 is 0 Å². The van der Waals surface area contributed by atoms with Crippen LogP contribution in [0.25, 0.3) is 22.4 Å². The smallest absolute Gasteiger partial charge is 0.422 e. The lowest BCUT2D eigenvalue weighted by Crippen LogP contribution is -2.55. The minimum atomic E-state index is -0.215. The predicted octanol–water partition coefficient (Wildman–Crippen LogP) is 9.84. The van der Waals surface area contributed by atoms with Crippen LogP contribution < -0.4 is 24.4 Å². The van der Waals surface area contributed by atoms with Gasteiger partial charge in [-0.2, -0.15) is 0 Å². The van der Waals surface area contributed by atoms with E-state index in [4.69, 9.17) is 9.72 Å². The molecule has 0 spiro atoms. The van der Waals surface area contributed by atoms with Crippen LogP contribution >= 0.6 is 0 Å². The lowest BCUT2D eigenvalue weighted by molar-refractivity contribution is -0.572. The number of ether oxygens (including phenoxy) is 1. The second kappa shape index (κ2) is 12.2. The maximum Gasteiger partial charge on any atom is 0.422 e. The topological polar surface area (TPSA) is 37.4 Å². The normalized spacial score (nSPS) is 14.0. The fourth-order valence-corrected chi connectivity index (χ4v) is 8.62. The standard InChI is InChI=1S/C47H38BN5O/c1-32-15-11-16-33(2)44(32)48-52(35-19-9-6-10-20-35)42-25-14-28-49-46(42)53(48)36-21-12-22-37(29-36)54-38-26-27-39-43(30-38)51-31-50(34-17-7-5-8-18-34)41-24-13-23-40(45(41)51)47(39,3)4/h5-30H,1-4H3. The van der Waals surface area contributed by atoms with Crippen molar-refractivity contribution in [3.63, 3.8) is 0 Å². The SMILES string of the molecule is Cc1cccc(C)c1B1N(c2ccccc2)c2cccnc2N1c1cccc(Oc2ccc3c(c2)-n2[c-][n+](-c4ccccc4)c4cccc(c42)C3(C)C)c1. The third-order valence-corrected chi connectivity index (χ3v) is 11.2. The van der Waals surface area contributed by atoms with Crippen LogP contribution in [0, 0.1) is 20.2 Å². The number of hydrogen-bond acceptors (Lipinski definition) is 4. The van der Waals surface area contributed by atoms with Crippen molar-refractivity contribution in [2.45, 2.75) is 33.1 Å². The van der Waals surface area contributed by atoms with Crippen molar-refractivity contribution < 1.29 is 9.30 Å². The number of aryl methyl sites for hydroxylation is 2. The molecular formula is C47H38BN5O. The van der Waals surface area contributed by atoms with E-state index in [2.05, 4.69) is 186 Å². The Balaban J connectivity index is 1.08. The minimum Gasteiger partial charge on any atom is -0.458 e. The first-order chi connectivity index (χ1) is 26.4. The Labute approximate surface area is 316 Å². The molecule has 4 heterocycles. The monoisotopic (exact) mass is 699 g/mol. The number of benzene rings is 6. The molecule has 0 radical (unpaired) electrons. The van der Waals surface area contributed by atoms with Gasteiger partial charge < -0.3 is 14.4 Å². The zero-order valence-electron chi connectivity index (χ0n) is 30.7. The quantitative estimate of drug-likeness (QED) is 0.0984. The number of fused-ring (bicyclic) bond motifs is 3. The molecule has 0 aliphatic carbocycles. The summed E-state index contributed by atoms with van der Waals surface area (Å²) < 4.78 is 11.2. The highest BCUT2D eigenvalue weighted by Crippen LogP contribution is 2.47. The highest BCUT2D eigenvalue weighted by atomic mass is 16.5. The van der Waals surface area contributed by atoms with Gasteiger partial charge in [-0.05, 0) is 91.1 Å². The van der Waals surface area contributed by atoms with Gasteiger partial charge in [-0.25, -0.2) is 4.98 Å². The van der Waals surface area contributed by atoms with Crippen LogP contribution in [0.2, 0.25) is 0 Å². The van der Waals surface area contributed by atoms with Crippen molar-refractivity contribution in [1.82, 2.24) is 9.55 Å². The Bertz CT molecular complexity index is 2700.